The van der Waals surface area contributed by atoms with Crippen molar-refractivity contribution in [2.45, 2.75) is 13.3 Å². The minimum absolute atomic E-state index is 0.0762. The monoisotopic (exact) mass is 324 g/mol. The van der Waals surface area contributed by atoms with E-state index in [1.54, 1.807) is 19.1 Å². The summed E-state index contributed by atoms with van der Waals surface area (Å²) in [5, 5.41) is 0. The summed E-state index contributed by atoms with van der Waals surface area (Å²) in [5.41, 5.74) is 1.40. The zero-order chi connectivity index (χ0) is 14.0. The van der Waals surface area contributed by atoms with E-state index >= 15 is 0 Å². The first-order chi connectivity index (χ1) is 8.97. The molecular formula is C15H11BrF2O. The van der Waals surface area contributed by atoms with Crippen molar-refractivity contribution in [3.8, 4) is 0 Å². The smallest absolute Gasteiger partial charge is 0.167 e. The summed E-state index contributed by atoms with van der Waals surface area (Å²) in [5.74, 6) is -1.34. The maximum Gasteiger partial charge on any atom is 0.167 e. The molecule has 2 rings (SSSR count). The minimum Gasteiger partial charge on any atom is -0.294 e. The molecule has 98 valence electrons. The largest absolute Gasteiger partial charge is 0.294 e. The first kappa shape index (κ1) is 13.9. The first-order valence-corrected chi connectivity index (χ1v) is 6.50. The van der Waals surface area contributed by atoms with Crippen molar-refractivity contribution in [3.05, 3.63) is 69.2 Å². The van der Waals surface area contributed by atoms with Crippen molar-refractivity contribution < 1.29 is 13.6 Å². The van der Waals surface area contributed by atoms with Gasteiger partial charge in [0.1, 0.15) is 11.6 Å². The Kier molecular flexibility index (Phi) is 4.10. The van der Waals surface area contributed by atoms with Crippen LogP contribution in [0, 0.1) is 18.6 Å². The average Bonchev–Trinajstić information content (AvgIpc) is 2.33. The molecule has 0 bridgehead atoms. The fourth-order valence-electron chi connectivity index (χ4n) is 1.89. The van der Waals surface area contributed by atoms with Gasteiger partial charge in [-0.1, -0.05) is 22.0 Å². The van der Waals surface area contributed by atoms with Gasteiger partial charge >= 0.3 is 0 Å². The molecule has 19 heavy (non-hydrogen) atoms. The zero-order valence-electron chi connectivity index (χ0n) is 10.2. The first-order valence-electron chi connectivity index (χ1n) is 5.70. The molecule has 0 amide bonds. The van der Waals surface area contributed by atoms with Gasteiger partial charge in [-0.05, 0) is 48.4 Å². The summed E-state index contributed by atoms with van der Waals surface area (Å²) >= 11 is 3.31. The van der Waals surface area contributed by atoms with Crippen LogP contribution < -0.4 is 0 Å². The molecular weight excluding hydrogens is 314 g/mol. The number of benzene rings is 2. The number of Topliss-reactive ketones (excluding diaryl/α,β-unsaturated/α-hetero) is 1. The van der Waals surface area contributed by atoms with Crippen molar-refractivity contribution in [1.29, 1.82) is 0 Å². The van der Waals surface area contributed by atoms with Crippen molar-refractivity contribution in [1.82, 2.24) is 0 Å². The summed E-state index contributed by atoms with van der Waals surface area (Å²) in [6, 6.07) is 8.37. The summed E-state index contributed by atoms with van der Waals surface area (Å²) in [6.45, 7) is 1.81. The highest BCUT2D eigenvalue weighted by Gasteiger charge is 2.13. The highest BCUT2D eigenvalue weighted by Crippen LogP contribution is 2.19. The average molecular weight is 325 g/mol. The molecule has 0 heterocycles. The van der Waals surface area contributed by atoms with Crippen LogP contribution in [0.2, 0.25) is 0 Å². The Morgan fingerprint density at radius 1 is 1.16 bits per heavy atom. The van der Waals surface area contributed by atoms with Crippen LogP contribution in [-0.2, 0) is 6.42 Å². The fourth-order valence-corrected chi connectivity index (χ4v) is 2.36. The Bertz CT molecular complexity index is 638. The highest BCUT2D eigenvalue weighted by molar-refractivity contribution is 9.10. The quantitative estimate of drug-likeness (QED) is 0.762. The summed E-state index contributed by atoms with van der Waals surface area (Å²) in [4.78, 5) is 12.1. The SMILES string of the molecule is Cc1cc(Br)ccc1C(=O)Cc1cc(F)ccc1F. The molecule has 2 aromatic rings. The topological polar surface area (TPSA) is 17.1 Å². The molecule has 0 aliphatic rings. The third kappa shape index (κ3) is 3.26. The van der Waals surface area contributed by atoms with Gasteiger partial charge in [0.25, 0.3) is 0 Å². The number of rotatable bonds is 3. The number of carbonyl (C=O) groups is 1. The predicted octanol–water partition coefficient (Wildman–Crippen LogP) is 4.46. The summed E-state index contributed by atoms with van der Waals surface area (Å²) in [6.07, 6.45) is -0.147. The molecule has 0 radical (unpaired) electrons. The standard InChI is InChI=1S/C15H11BrF2O/c1-9-6-11(16)2-4-13(9)15(19)8-10-7-12(17)3-5-14(10)18/h2-7H,8H2,1H3. The van der Waals surface area contributed by atoms with Crippen LogP contribution in [0.5, 0.6) is 0 Å². The van der Waals surface area contributed by atoms with Crippen LogP contribution in [0.4, 0.5) is 8.78 Å². The van der Waals surface area contributed by atoms with E-state index in [2.05, 4.69) is 15.9 Å². The second-order valence-corrected chi connectivity index (χ2v) is 5.21. The van der Waals surface area contributed by atoms with Gasteiger partial charge in [-0.3, -0.25) is 4.79 Å². The fraction of sp³-hybridized carbons (Fsp3) is 0.133. The normalized spacial score (nSPS) is 10.5. The molecule has 2 aromatic carbocycles. The van der Waals surface area contributed by atoms with E-state index in [-0.39, 0.29) is 17.8 Å². The van der Waals surface area contributed by atoms with Crippen LogP contribution in [0.15, 0.2) is 40.9 Å². The van der Waals surface area contributed by atoms with Gasteiger partial charge in [-0.2, -0.15) is 0 Å². The Morgan fingerprint density at radius 3 is 2.58 bits per heavy atom. The Hall–Kier alpha value is -1.55. The number of halogens is 3. The second kappa shape index (κ2) is 5.61. The molecule has 1 nitrogen and oxygen atoms in total. The number of hydrogen-bond acceptors (Lipinski definition) is 1. The molecule has 0 spiro atoms. The van der Waals surface area contributed by atoms with Gasteiger partial charge < -0.3 is 0 Å². The lowest BCUT2D eigenvalue weighted by molar-refractivity contribution is 0.0991. The van der Waals surface area contributed by atoms with Gasteiger partial charge in [-0.15, -0.1) is 0 Å². The lowest BCUT2D eigenvalue weighted by Crippen LogP contribution is -2.07. The summed E-state index contributed by atoms with van der Waals surface area (Å²) in [7, 11) is 0. The molecule has 0 aromatic heterocycles. The van der Waals surface area contributed by atoms with E-state index in [9.17, 15) is 13.6 Å². The molecule has 0 saturated heterocycles. The maximum atomic E-state index is 13.5. The van der Waals surface area contributed by atoms with Gasteiger partial charge in [0, 0.05) is 16.5 Å². The van der Waals surface area contributed by atoms with E-state index in [1.165, 1.54) is 0 Å². The van der Waals surface area contributed by atoms with Gasteiger partial charge in [0.15, 0.2) is 5.78 Å². The van der Waals surface area contributed by atoms with Crippen LogP contribution in [0.25, 0.3) is 0 Å². The molecule has 0 fully saturated rings. The molecule has 0 aliphatic carbocycles. The highest BCUT2D eigenvalue weighted by atomic mass is 79.9. The van der Waals surface area contributed by atoms with Gasteiger partial charge in [0.2, 0.25) is 0 Å². The van der Waals surface area contributed by atoms with Crippen LogP contribution >= 0.6 is 15.9 Å². The zero-order valence-corrected chi connectivity index (χ0v) is 11.8. The number of hydrogen-bond donors (Lipinski definition) is 0. The van der Waals surface area contributed by atoms with E-state index in [1.807, 2.05) is 6.07 Å². The van der Waals surface area contributed by atoms with E-state index < -0.39 is 11.6 Å². The lowest BCUT2D eigenvalue weighted by Gasteiger charge is -2.06. The van der Waals surface area contributed by atoms with E-state index in [4.69, 9.17) is 0 Å². The number of ketones is 1. The van der Waals surface area contributed by atoms with Crippen molar-refractivity contribution in [2.24, 2.45) is 0 Å². The van der Waals surface area contributed by atoms with Crippen LogP contribution in [0.3, 0.4) is 0 Å². The minimum atomic E-state index is -0.565. The second-order valence-electron chi connectivity index (χ2n) is 4.29. The third-order valence-electron chi connectivity index (χ3n) is 2.85. The van der Waals surface area contributed by atoms with Crippen LogP contribution in [-0.4, -0.2) is 5.78 Å². The van der Waals surface area contributed by atoms with Gasteiger partial charge in [-0.25, -0.2) is 8.78 Å². The van der Waals surface area contributed by atoms with Crippen molar-refractivity contribution in [3.63, 3.8) is 0 Å². The number of aryl methyl sites for hydroxylation is 1. The third-order valence-corrected chi connectivity index (χ3v) is 3.34. The molecule has 0 saturated carbocycles. The van der Waals surface area contributed by atoms with Crippen molar-refractivity contribution >= 4 is 21.7 Å². The molecule has 0 unspecified atom stereocenters. The Morgan fingerprint density at radius 2 is 1.89 bits per heavy atom. The number of carbonyl (C=O) groups excluding carboxylic acids is 1. The molecule has 0 N–H and O–H groups in total. The van der Waals surface area contributed by atoms with E-state index in [0.717, 1.165) is 28.2 Å². The van der Waals surface area contributed by atoms with Crippen LogP contribution in [0.1, 0.15) is 21.5 Å². The van der Waals surface area contributed by atoms with Gasteiger partial charge in [0.05, 0.1) is 0 Å². The molecule has 0 atom stereocenters. The van der Waals surface area contributed by atoms with E-state index in [0.29, 0.717) is 5.56 Å². The lowest BCUT2D eigenvalue weighted by atomic mass is 9.99. The maximum absolute atomic E-state index is 13.5. The Balaban J connectivity index is 2.28. The molecule has 4 heteroatoms. The predicted molar refractivity (Wildman–Crippen MR) is 73.3 cm³/mol. The molecule has 0 aliphatic heterocycles. The Labute approximate surface area is 118 Å². The van der Waals surface area contributed by atoms with Crippen molar-refractivity contribution in [2.75, 3.05) is 0 Å². The summed E-state index contributed by atoms with van der Waals surface area (Å²) < 4.78 is 27.4.